The number of halogens is 1. The van der Waals surface area contributed by atoms with Gasteiger partial charge in [0.15, 0.2) is 5.96 Å². The predicted octanol–water partition coefficient (Wildman–Crippen LogP) is -0.403. The van der Waals surface area contributed by atoms with Gasteiger partial charge < -0.3 is 25.0 Å². The molecule has 0 aromatic carbocycles. The average molecular weight is 469 g/mol. The summed E-state index contributed by atoms with van der Waals surface area (Å²) in [6, 6.07) is 0. The molecule has 146 valence electrons. The van der Waals surface area contributed by atoms with E-state index in [2.05, 4.69) is 32.3 Å². The van der Waals surface area contributed by atoms with Crippen LogP contribution < -0.4 is 10.6 Å². The predicted molar refractivity (Wildman–Crippen MR) is 109 cm³/mol. The number of ether oxygens (including phenoxy) is 2. The summed E-state index contributed by atoms with van der Waals surface area (Å²) in [5.41, 5.74) is 0.220. The molecule has 0 unspecified atom stereocenters. The summed E-state index contributed by atoms with van der Waals surface area (Å²) >= 11 is 0. The minimum Gasteiger partial charge on any atom is -0.383 e. The molecular weight excluding hydrogens is 437 g/mol. The lowest BCUT2D eigenvalue weighted by Crippen LogP contribution is -2.56. The molecule has 0 atom stereocenters. The van der Waals surface area contributed by atoms with E-state index >= 15 is 0 Å². The Morgan fingerprint density at radius 2 is 1.92 bits per heavy atom. The molecule has 0 aliphatic carbocycles. The second-order valence-corrected chi connectivity index (χ2v) is 6.81. The van der Waals surface area contributed by atoms with Crippen molar-refractivity contribution >= 4 is 35.8 Å². The van der Waals surface area contributed by atoms with Gasteiger partial charge in [-0.2, -0.15) is 0 Å². The highest BCUT2D eigenvalue weighted by atomic mass is 127. The first-order valence-corrected chi connectivity index (χ1v) is 8.58. The van der Waals surface area contributed by atoms with Crippen LogP contribution in [-0.2, 0) is 14.3 Å². The number of carbonyl (C=O) groups is 1. The number of methoxy groups -OCH3 is 1. The topological polar surface area (TPSA) is 78.4 Å². The maximum absolute atomic E-state index is 11.8. The summed E-state index contributed by atoms with van der Waals surface area (Å²) in [6.45, 7) is 9.73. The van der Waals surface area contributed by atoms with Crippen molar-refractivity contribution in [1.82, 2.24) is 20.4 Å². The molecule has 1 amide bonds. The summed E-state index contributed by atoms with van der Waals surface area (Å²) in [7, 11) is 3.45. The first-order chi connectivity index (χ1) is 11.6. The van der Waals surface area contributed by atoms with Crippen molar-refractivity contribution < 1.29 is 14.3 Å². The van der Waals surface area contributed by atoms with E-state index in [4.69, 9.17) is 9.47 Å². The summed E-state index contributed by atoms with van der Waals surface area (Å²) in [5, 5.41) is 6.31. The fourth-order valence-electron chi connectivity index (χ4n) is 2.85. The van der Waals surface area contributed by atoms with Crippen LogP contribution in [0, 0.1) is 5.41 Å². The van der Waals surface area contributed by atoms with Gasteiger partial charge in [-0.25, -0.2) is 0 Å². The molecule has 2 aliphatic rings. The fourth-order valence-corrected chi connectivity index (χ4v) is 2.85. The van der Waals surface area contributed by atoms with Crippen LogP contribution in [0.2, 0.25) is 0 Å². The van der Waals surface area contributed by atoms with Crippen molar-refractivity contribution in [2.24, 2.45) is 10.4 Å². The summed E-state index contributed by atoms with van der Waals surface area (Å²) in [4.78, 5) is 20.7. The summed E-state index contributed by atoms with van der Waals surface area (Å²) in [6.07, 6.45) is 0. The summed E-state index contributed by atoms with van der Waals surface area (Å²) < 4.78 is 10.2. The zero-order chi connectivity index (χ0) is 17.4. The number of piperazine rings is 1. The van der Waals surface area contributed by atoms with Gasteiger partial charge in [-0.15, -0.1) is 24.0 Å². The molecule has 25 heavy (non-hydrogen) atoms. The van der Waals surface area contributed by atoms with Crippen molar-refractivity contribution in [1.29, 1.82) is 0 Å². The maximum Gasteiger partial charge on any atom is 0.234 e. The molecule has 0 bridgehead atoms. The third-order valence-corrected chi connectivity index (χ3v) is 4.45. The highest BCUT2D eigenvalue weighted by Crippen LogP contribution is 2.25. The van der Waals surface area contributed by atoms with Crippen LogP contribution >= 0.6 is 24.0 Å². The molecule has 0 saturated carbocycles. The van der Waals surface area contributed by atoms with Gasteiger partial charge in [0, 0.05) is 58.8 Å². The second-order valence-electron chi connectivity index (χ2n) is 6.81. The number of nitrogens with one attached hydrogen (secondary N) is 2. The number of hydrogen-bond acceptors (Lipinski definition) is 5. The molecule has 2 N–H and O–H groups in total. The van der Waals surface area contributed by atoms with Crippen molar-refractivity contribution in [3.8, 4) is 0 Å². The van der Waals surface area contributed by atoms with E-state index < -0.39 is 0 Å². The number of rotatable bonds is 7. The third-order valence-electron chi connectivity index (χ3n) is 4.45. The van der Waals surface area contributed by atoms with Gasteiger partial charge in [0.05, 0.1) is 26.4 Å². The summed E-state index contributed by atoms with van der Waals surface area (Å²) in [5.74, 6) is 0.994. The lowest BCUT2D eigenvalue weighted by molar-refractivity contribution is -0.122. The Hall–Kier alpha value is -0.650. The van der Waals surface area contributed by atoms with Gasteiger partial charge in [-0.05, 0) is 0 Å². The number of carbonyl (C=O) groups excluding carboxylic acids is 1. The standard InChI is InChI=1S/C16H31N5O3.HI/c1-16(12-24-13-16)11-19-15(17-2)21-7-5-20(6-8-21)10-14(22)18-4-9-23-3;/h4-13H2,1-3H3,(H,17,19)(H,18,22);1H. The van der Waals surface area contributed by atoms with E-state index in [0.717, 1.165) is 51.9 Å². The highest BCUT2D eigenvalue weighted by molar-refractivity contribution is 14.0. The average Bonchev–Trinajstić information content (AvgIpc) is 2.55. The molecule has 0 spiro atoms. The molecule has 0 aromatic heterocycles. The zero-order valence-electron chi connectivity index (χ0n) is 15.5. The van der Waals surface area contributed by atoms with E-state index in [1.165, 1.54) is 0 Å². The van der Waals surface area contributed by atoms with Crippen molar-refractivity contribution in [2.75, 3.05) is 79.8 Å². The first kappa shape index (κ1) is 22.4. The number of aliphatic imine (C=N–C) groups is 1. The highest BCUT2D eigenvalue weighted by Gasteiger charge is 2.33. The number of hydrogen-bond donors (Lipinski definition) is 2. The number of nitrogens with zero attached hydrogens (tertiary/aromatic N) is 3. The van der Waals surface area contributed by atoms with Crippen molar-refractivity contribution in [3.63, 3.8) is 0 Å². The Morgan fingerprint density at radius 3 is 2.44 bits per heavy atom. The minimum absolute atomic E-state index is 0. The third kappa shape index (κ3) is 7.24. The Bertz CT molecular complexity index is 437. The molecule has 9 heteroatoms. The molecule has 2 saturated heterocycles. The molecule has 0 aromatic rings. The van der Waals surface area contributed by atoms with E-state index in [1.807, 2.05) is 7.05 Å². The van der Waals surface area contributed by atoms with Crippen LogP contribution in [0.25, 0.3) is 0 Å². The largest absolute Gasteiger partial charge is 0.383 e. The Morgan fingerprint density at radius 1 is 1.24 bits per heavy atom. The van der Waals surface area contributed by atoms with Gasteiger partial charge in [0.25, 0.3) is 0 Å². The van der Waals surface area contributed by atoms with Crippen LogP contribution in [0.5, 0.6) is 0 Å². The van der Waals surface area contributed by atoms with Gasteiger partial charge in [-0.3, -0.25) is 14.7 Å². The van der Waals surface area contributed by atoms with Gasteiger partial charge in [0.1, 0.15) is 0 Å². The van der Waals surface area contributed by atoms with Crippen LogP contribution in [0.3, 0.4) is 0 Å². The number of guanidine groups is 1. The van der Waals surface area contributed by atoms with Gasteiger partial charge in [0.2, 0.25) is 5.91 Å². The molecule has 2 aliphatic heterocycles. The fraction of sp³-hybridized carbons (Fsp3) is 0.875. The van der Waals surface area contributed by atoms with Gasteiger partial charge in [-0.1, -0.05) is 6.92 Å². The normalized spacial score (nSPS) is 20.4. The Labute approximate surface area is 167 Å². The van der Waals surface area contributed by atoms with E-state index in [-0.39, 0.29) is 35.3 Å². The zero-order valence-corrected chi connectivity index (χ0v) is 17.9. The van der Waals surface area contributed by atoms with Crippen LogP contribution in [0.4, 0.5) is 0 Å². The smallest absolute Gasteiger partial charge is 0.234 e. The SMILES string of the molecule is CN=C(NCC1(C)COC1)N1CCN(CC(=O)NCCOC)CC1.I. The van der Waals surface area contributed by atoms with E-state index in [0.29, 0.717) is 19.7 Å². The van der Waals surface area contributed by atoms with Gasteiger partial charge >= 0.3 is 0 Å². The molecular formula is C16H32IN5O3. The Balaban J connectivity index is 0.00000312. The lowest BCUT2D eigenvalue weighted by Gasteiger charge is -2.40. The molecule has 2 fully saturated rings. The van der Waals surface area contributed by atoms with Crippen LogP contribution in [-0.4, -0.2) is 101 Å². The maximum atomic E-state index is 11.8. The van der Waals surface area contributed by atoms with E-state index in [9.17, 15) is 4.79 Å². The molecule has 2 heterocycles. The quantitative estimate of drug-likeness (QED) is 0.229. The van der Waals surface area contributed by atoms with E-state index in [1.54, 1.807) is 7.11 Å². The number of amides is 1. The molecule has 8 nitrogen and oxygen atoms in total. The lowest BCUT2D eigenvalue weighted by atomic mass is 9.89. The molecule has 2 rings (SSSR count). The second kappa shape index (κ2) is 11.1. The van der Waals surface area contributed by atoms with Crippen LogP contribution in [0.15, 0.2) is 4.99 Å². The minimum atomic E-state index is 0. The monoisotopic (exact) mass is 469 g/mol. The first-order valence-electron chi connectivity index (χ1n) is 8.58. The molecule has 0 radical (unpaired) electrons. The van der Waals surface area contributed by atoms with Crippen molar-refractivity contribution in [2.45, 2.75) is 6.92 Å². The van der Waals surface area contributed by atoms with Crippen LogP contribution in [0.1, 0.15) is 6.92 Å². The Kier molecular flexibility index (Phi) is 9.98. The van der Waals surface area contributed by atoms with Crippen molar-refractivity contribution in [3.05, 3.63) is 0 Å².